The molecule has 0 aliphatic carbocycles. The number of carbonyl (C=O) groups excluding carboxylic acids is 2. The quantitative estimate of drug-likeness (QED) is 0.178. The van der Waals surface area contributed by atoms with E-state index in [2.05, 4.69) is 33.0 Å². The fourth-order valence-corrected chi connectivity index (χ4v) is 5.26. The molecule has 0 aliphatic rings. The Labute approximate surface area is 244 Å². The van der Waals surface area contributed by atoms with Gasteiger partial charge in [0.15, 0.2) is 11.0 Å². The Morgan fingerprint density at radius 1 is 0.780 bits per heavy atom. The molecule has 0 spiro atoms. The van der Waals surface area contributed by atoms with Gasteiger partial charge in [0.1, 0.15) is 0 Å². The van der Waals surface area contributed by atoms with Gasteiger partial charge in [-0.3, -0.25) is 14.2 Å². The van der Waals surface area contributed by atoms with Crippen LogP contribution in [0.25, 0.3) is 11.4 Å². The van der Waals surface area contributed by atoms with Crippen LogP contribution in [0.5, 0.6) is 0 Å². The Bertz CT molecular complexity index is 1600. The summed E-state index contributed by atoms with van der Waals surface area (Å²) in [6, 6.07) is 34.5. The lowest BCUT2D eigenvalue weighted by atomic mass is 10.1. The van der Waals surface area contributed by atoms with E-state index in [9.17, 15) is 9.59 Å². The van der Waals surface area contributed by atoms with Gasteiger partial charge in [0.05, 0.1) is 11.8 Å². The highest BCUT2D eigenvalue weighted by molar-refractivity contribution is 8.00. The summed E-state index contributed by atoms with van der Waals surface area (Å²) in [5.41, 5.74) is 5.14. The minimum atomic E-state index is -0.349. The van der Waals surface area contributed by atoms with Crippen molar-refractivity contribution in [2.24, 2.45) is 0 Å². The van der Waals surface area contributed by atoms with Gasteiger partial charge < -0.3 is 10.6 Å². The molecule has 7 nitrogen and oxygen atoms in total. The van der Waals surface area contributed by atoms with Gasteiger partial charge in [-0.15, -0.1) is 10.2 Å². The fourth-order valence-electron chi connectivity index (χ4n) is 4.30. The molecule has 5 rings (SSSR count). The van der Waals surface area contributed by atoms with Crippen LogP contribution in [-0.4, -0.2) is 31.8 Å². The molecular formula is C33H31N5O2S. The van der Waals surface area contributed by atoms with E-state index in [4.69, 9.17) is 0 Å². The second-order valence-electron chi connectivity index (χ2n) is 9.65. The molecule has 41 heavy (non-hydrogen) atoms. The first kappa shape index (κ1) is 27.9. The highest BCUT2D eigenvalue weighted by Crippen LogP contribution is 2.30. The van der Waals surface area contributed by atoms with E-state index in [1.54, 1.807) is 12.1 Å². The Morgan fingerprint density at radius 3 is 2.05 bits per heavy atom. The normalized spacial score (nSPS) is 11.6. The third-order valence-corrected chi connectivity index (χ3v) is 7.91. The van der Waals surface area contributed by atoms with Crippen LogP contribution in [0.4, 0.5) is 11.4 Å². The molecular weight excluding hydrogens is 530 g/mol. The summed E-state index contributed by atoms with van der Waals surface area (Å²) in [7, 11) is 0. The Hall–Kier alpha value is -4.69. The zero-order valence-corrected chi connectivity index (χ0v) is 23.8. The molecule has 1 atom stereocenters. The topological polar surface area (TPSA) is 88.9 Å². The van der Waals surface area contributed by atoms with Gasteiger partial charge in [0.25, 0.3) is 5.91 Å². The van der Waals surface area contributed by atoms with Gasteiger partial charge in [0, 0.05) is 22.5 Å². The van der Waals surface area contributed by atoms with Gasteiger partial charge in [-0.05, 0) is 67.4 Å². The third-order valence-electron chi connectivity index (χ3n) is 6.57. The lowest BCUT2D eigenvalue weighted by Gasteiger charge is -2.16. The average Bonchev–Trinajstić information content (AvgIpc) is 3.40. The molecule has 0 bridgehead atoms. The number of rotatable bonds is 10. The van der Waals surface area contributed by atoms with Crippen LogP contribution in [0, 0.1) is 6.92 Å². The van der Waals surface area contributed by atoms with Crippen LogP contribution in [0.1, 0.15) is 34.8 Å². The summed E-state index contributed by atoms with van der Waals surface area (Å²) in [5.74, 6) is 0.445. The maximum Gasteiger partial charge on any atom is 0.255 e. The summed E-state index contributed by atoms with van der Waals surface area (Å²) >= 11 is 1.41. The molecule has 4 aromatic carbocycles. The summed E-state index contributed by atoms with van der Waals surface area (Å²) in [6.45, 7) is 4.56. The van der Waals surface area contributed by atoms with Crippen molar-refractivity contribution in [2.45, 2.75) is 37.2 Å². The molecule has 1 aromatic heterocycles. The highest BCUT2D eigenvalue weighted by Gasteiger charge is 2.23. The minimum Gasteiger partial charge on any atom is -0.325 e. The number of benzene rings is 4. The number of anilines is 2. The summed E-state index contributed by atoms with van der Waals surface area (Å²) in [5, 5.41) is 15.3. The van der Waals surface area contributed by atoms with Crippen molar-refractivity contribution in [3.8, 4) is 11.4 Å². The average molecular weight is 562 g/mol. The summed E-state index contributed by atoms with van der Waals surface area (Å²) in [6.07, 6.45) is 0.631. The van der Waals surface area contributed by atoms with Gasteiger partial charge >= 0.3 is 0 Å². The van der Waals surface area contributed by atoms with E-state index in [-0.39, 0.29) is 17.1 Å². The molecule has 0 unspecified atom stereocenters. The second kappa shape index (κ2) is 13.1. The van der Waals surface area contributed by atoms with Crippen LogP contribution in [0.15, 0.2) is 114 Å². The molecule has 0 aliphatic heterocycles. The Kier molecular flexibility index (Phi) is 8.91. The van der Waals surface area contributed by atoms with Crippen LogP contribution >= 0.6 is 11.8 Å². The van der Waals surface area contributed by atoms with Crippen molar-refractivity contribution in [3.05, 3.63) is 126 Å². The van der Waals surface area contributed by atoms with Crippen molar-refractivity contribution in [1.82, 2.24) is 14.8 Å². The van der Waals surface area contributed by atoms with Crippen LogP contribution in [0.3, 0.4) is 0 Å². The molecule has 0 saturated heterocycles. The van der Waals surface area contributed by atoms with Crippen molar-refractivity contribution in [2.75, 3.05) is 10.6 Å². The molecule has 1 heterocycles. The van der Waals surface area contributed by atoms with Crippen molar-refractivity contribution in [3.63, 3.8) is 0 Å². The first-order valence-electron chi connectivity index (χ1n) is 13.5. The molecule has 2 amide bonds. The predicted molar refractivity (Wildman–Crippen MR) is 165 cm³/mol. The largest absolute Gasteiger partial charge is 0.325 e. The zero-order valence-electron chi connectivity index (χ0n) is 23.0. The summed E-state index contributed by atoms with van der Waals surface area (Å²) in [4.78, 5) is 25.8. The molecule has 0 radical (unpaired) electrons. The van der Waals surface area contributed by atoms with E-state index in [0.29, 0.717) is 35.2 Å². The fraction of sp³-hybridized carbons (Fsp3) is 0.152. The van der Waals surface area contributed by atoms with Crippen molar-refractivity contribution in [1.29, 1.82) is 0 Å². The smallest absolute Gasteiger partial charge is 0.255 e. The lowest BCUT2D eigenvalue weighted by Crippen LogP contribution is -2.25. The summed E-state index contributed by atoms with van der Waals surface area (Å²) < 4.78 is 2.04. The number of carbonyl (C=O) groups is 2. The van der Waals surface area contributed by atoms with Crippen molar-refractivity contribution < 1.29 is 9.59 Å². The molecule has 8 heteroatoms. The van der Waals surface area contributed by atoms with E-state index < -0.39 is 0 Å². The third kappa shape index (κ3) is 7.10. The van der Waals surface area contributed by atoms with Gasteiger partial charge in [-0.1, -0.05) is 84.9 Å². The van der Waals surface area contributed by atoms with Crippen LogP contribution in [-0.2, 0) is 11.3 Å². The Morgan fingerprint density at radius 2 is 1.39 bits per heavy atom. The standard InChI is InChI=1S/C33H31N5O2S/c1-3-29(32(40)35-27-18-14-23(2)15-19-27)41-33-37-36-30(38(33)22-24-10-6-4-7-11-24)25-16-20-28(21-17-25)34-31(39)26-12-8-5-9-13-26/h4-21,29H,3,22H2,1-2H3,(H,34,39)(H,35,40)/t29-/m1/s1. The molecule has 5 aromatic rings. The van der Waals surface area contributed by atoms with E-state index >= 15 is 0 Å². The SMILES string of the molecule is CC[C@@H](Sc1nnc(-c2ccc(NC(=O)c3ccccc3)cc2)n1Cc1ccccc1)C(=O)Nc1ccc(C)cc1. The number of aromatic nitrogens is 3. The zero-order chi connectivity index (χ0) is 28.6. The molecule has 2 N–H and O–H groups in total. The van der Waals surface area contributed by atoms with Gasteiger partial charge in [-0.25, -0.2) is 0 Å². The first-order valence-corrected chi connectivity index (χ1v) is 14.4. The second-order valence-corrected chi connectivity index (χ2v) is 10.8. The van der Waals surface area contributed by atoms with E-state index in [1.165, 1.54) is 11.8 Å². The molecule has 0 saturated carbocycles. The van der Waals surface area contributed by atoms with Crippen LogP contribution < -0.4 is 10.6 Å². The van der Waals surface area contributed by atoms with Crippen molar-refractivity contribution >= 4 is 35.0 Å². The van der Waals surface area contributed by atoms with Gasteiger partial charge in [-0.2, -0.15) is 0 Å². The molecule has 0 fully saturated rings. The maximum atomic E-state index is 13.2. The van der Waals surface area contributed by atoms with Crippen LogP contribution in [0.2, 0.25) is 0 Å². The number of hydrogen-bond donors (Lipinski definition) is 2. The number of hydrogen-bond acceptors (Lipinski definition) is 5. The number of thioether (sulfide) groups is 1. The highest BCUT2D eigenvalue weighted by atomic mass is 32.2. The number of nitrogens with one attached hydrogen (secondary N) is 2. The molecule has 206 valence electrons. The number of aryl methyl sites for hydroxylation is 1. The van der Waals surface area contributed by atoms with E-state index in [1.807, 2.05) is 103 Å². The Balaban J connectivity index is 1.38. The monoisotopic (exact) mass is 561 g/mol. The van der Waals surface area contributed by atoms with E-state index in [0.717, 1.165) is 22.4 Å². The lowest BCUT2D eigenvalue weighted by molar-refractivity contribution is -0.115. The first-order chi connectivity index (χ1) is 20.0. The van der Waals surface area contributed by atoms with Gasteiger partial charge in [0.2, 0.25) is 5.91 Å². The minimum absolute atomic E-state index is 0.0734. The predicted octanol–water partition coefficient (Wildman–Crippen LogP) is 7.06. The number of amides is 2. The maximum absolute atomic E-state index is 13.2. The number of nitrogens with zero attached hydrogens (tertiary/aromatic N) is 3.